The van der Waals surface area contributed by atoms with E-state index in [0.29, 0.717) is 29.3 Å². The quantitative estimate of drug-likeness (QED) is 0.175. The zero-order valence-electron chi connectivity index (χ0n) is 21.4. The fourth-order valence-electron chi connectivity index (χ4n) is 4.76. The fourth-order valence-corrected chi connectivity index (χ4v) is 5.64. The van der Waals surface area contributed by atoms with Gasteiger partial charge >= 0.3 is 6.03 Å². The van der Waals surface area contributed by atoms with Crippen LogP contribution in [0.5, 0.6) is 0 Å². The van der Waals surface area contributed by atoms with Crippen LogP contribution in [0.1, 0.15) is 66.8 Å². The van der Waals surface area contributed by atoms with Crippen molar-refractivity contribution in [3.8, 4) is 0 Å². The summed E-state index contributed by atoms with van der Waals surface area (Å²) >= 11 is 1.38. The lowest BCUT2D eigenvalue weighted by Gasteiger charge is -2.26. The Morgan fingerprint density at radius 2 is 1.95 bits per heavy atom. The summed E-state index contributed by atoms with van der Waals surface area (Å²) in [5.74, 6) is 4.75. The van der Waals surface area contributed by atoms with E-state index < -0.39 is 23.9 Å². The summed E-state index contributed by atoms with van der Waals surface area (Å²) in [5.41, 5.74) is 2.86. The van der Waals surface area contributed by atoms with E-state index in [4.69, 9.17) is 5.84 Å². The Bertz CT molecular complexity index is 1370. The summed E-state index contributed by atoms with van der Waals surface area (Å²) in [6.45, 7) is 5.11. The Kier molecular flexibility index (Phi) is 7.31. The normalized spacial score (nSPS) is 15.9. The third-order valence-electron chi connectivity index (χ3n) is 6.95. The highest BCUT2D eigenvalue weighted by Crippen LogP contribution is 2.37. The largest absolute Gasteiger partial charge is 0.345 e. The number of aromatic nitrogens is 2. The van der Waals surface area contributed by atoms with Gasteiger partial charge in [0.1, 0.15) is 11.7 Å². The Hall–Kier alpha value is -3.57. The first-order valence-corrected chi connectivity index (χ1v) is 13.8. The van der Waals surface area contributed by atoms with E-state index in [1.807, 2.05) is 6.29 Å². The third kappa shape index (κ3) is 5.21. The number of hydrazine groups is 1. The van der Waals surface area contributed by atoms with Crippen LogP contribution in [0.2, 0.25) is 0 Å². The highest BCUT2D eigenvalue weighted by Gasteiger charge is 2.38. The van der Waals surface area contributed by atoms with E-state index in [2.05, 4.69) is 29.2 Å². The number of nitrogens with two attached hydrogens (primary N) is 1. The highest BCUT2D eigenvalue weighted by atomic mass is 32.1. The second kappa shape index (κ2) is 10.7. The SMILES string of the molecule is CC(C)CN(c1nc(C(=O)N(C(=O)c2cccc3c2ccn3C(=O)NN)[C@H]([C]=O)CC2CC2)cs1)C1CC1. The molecule has 2 aliphatic rings. The first-order chi connectivity index (χ1) is 18.3. The molecule has 5 rings (SSSR count). The molecular formula is C27H31N6O4S. The monoisotopic (exact) mass is 535 g/mol. The van der Waals surface area contributed by atoms with Crippen LogP contribution in [0.25, 0.3) is 10.9 Å². The standard InChI is InChI=1S/C27H31N6O4S/c1-16(2)13-32(18-8-9-18)27-29-22(15-38-27)25(36)33(19(14-34)12-17-6-7-17)24(35)21-4-3-5-23-20(21)10-11-31(23)26(37)30-28/h3-5,10-11,15-19H,6-9,12-13,28H2,1-2H3,(H,30,37)/t19-/m0/s1. The number of thiazole rings is 1. The lowest BCUT2D eigenvalue weighted by atomic mass is 10.0. The van der Waals surface area contributed by atoms with Crippen LogP contribution in [0.15, 0.2) is 35.8 Å². The van der Waals surface area contributed by atoms with Gasteiger partial charge in [-0.05, 0) is 49.3 Å². The van der Waals surface area contributed by atoms with Gasteiger partial charge < -0.3 is 4.90 Å². The summed E-state index contributed by atoms with van der Waals surface area (Å²) in [6, 6.07) is 5.31. The van der Waals surface area contributed by atoms with Crippen molar-refractivity contribution in [3.05, 3.63) is 47.1 Å². The number of hydrogen-bond acceptors (Lipinski definition) is 8. The number of carbonyl (C=O) groups excluding carboxylic acids is 4. The Morgan fingerprint density at radius 1 is 1.18 bits per heavy atom. The number of amides is 3. The molecule has 2 aromatic heterocycles. The molecule has 2 saturated carbocycles. The molecule has 10 nitrogen and oxygen atoms in total. The number of nitrogen functional groups attached to an aromatic ring is 1. The smallest absolute Gasteiger partial charge is 0.340 e. The molecule has 3 aromatic rings. The number of carbonyl (C=O) groups is 3. The van der Waals surface area contributed by atoms with Crippen molar-refractivity contribution < 1.29 is 19.2 Å². The van der Waals surface area contributed by atoms with Gasteiger partial charge in [0.05, 0.1) is 5.52 Å². The number of fused-ring (bicyclic) bond motifs is 1. The first kappa shape index (κ1) is 26.1. The Labute approximate surface area is 224 Å². The molecule has 1 aromatic carbocycles. The molecule has 3 N–H and O–H groups in total. The number of nitrogens with one attached hydrogen (secondary N) is 1. The van der Waals surface area contributed by atoms with Crippen molar-refractivity contribution in [2.45, 2.75) is 58.0 Å². The van der Waals surface area contributed by atoms with Gasteiger partial charge in [-0.15, -0.1) is 11.3 Å². The minimum absolute atomic E-state index is 0.135. The maximum absolute atomic E-state index is 14.0. The molecule has 2 fully saturated rings. The van der Waals surface area contributed by atoms with Crippen LogP contribution < -0.4 is 16.2 Å². The zero-order chi connectivity index (χ0) is 27.0. The van der Waals surface area contributed by atoms with Crippen molar-refractivity contribution >= 4 is 51.5 Å². The predicted molar refractivity (Wildman–Crippen MR) is 145 cm³/mol. The Morgan fingerprint density at radius 3 is 2.58 bits per heavy atom. The molecule has 0 saturated heterocycles. The van der Waals surface area contributed by atoms with Gasteiger partial charge in [-0.25, -0.2) is 15.6 Å². The molecule has 0 spiro atoms. The molecule has 0 bridgehead atoms. The summed E-state index contributed by atoms with van der Waals surface area (Å²) in [7, 11) is 0. The first-order valence-electron chi connectivity index (χ1n) is 12.9. The number of hydrogen-bond donors (Lipinski definition) is 2. The van der Waals surface area contributed by atoms with E-state index in [1.54, 1.807) is 29.6 Å². The molecule has 1 atom stereocenters. The summed E-state index contributed by atoms with van der Waals surface area (Å²) in [6.07, 6.45) is 7.91. The van der Waals surface area contributed by atoms with Gasteiger partial charge in [0, 0.05) is 35.1 Å². The van der Waals surface area contributed by atoms with Crippen molar-refractivity contribution in [3.63, 3.8) is 0 Å². The zero-order valence-corrected chi connectivity index (χ0v) is 22.2. The summed E-state index contributed by atoms with van der Waals surface area (Å²) < 4.78 is 1.28. The summed E-state index contributed by atoms with van der Waals surface area (Å²) in [4.78, 5) is 60.0. The van der Waals surface area contributed by atoms with Crippen LogP contribution in [0.3, 0.4) is 0 Å². The lowest BCUT2D eigenvalue weighted by molar-refractivity contribution is 0.0574. The average Bonchev–Trinajstić information content (AvgIpc) is 3.83. The molecule has 2 heterocycles. The third-order valence-corrected chi connectivity index (χ3v) is 7.83. The molecule has 2 aliphatic carbocycles. The number of anilines is 1. The van der Waals surface area contributed by atoms with Gasteiger partial charge in [-0.1, -0.05) is 32.8 Å². The van der Waals surface area contributed by atoms with Crippen molar-refractivity contribution in [1.29, 1.82) is 0 Å². The van der Waals surface area contributed by atoms with Gasteiger partial charge in [-0.2, -0.15) is 0 Å². The minimum atomic E-state index is -1.03. The van der Waals surface area contributed by atoms with Crippen LogP contribution in [0.4, 0.5) is 9.93 Å². The molecule has 11 heteroatoms. The number of imide groups is 1. The lowest BCUT2D eigenvalue weighted by Crippen LogP contribution is -2.46. The fraction of sp³-hybridized carbons (Fsp3) is 0.444. The number of nitrogens with zero attached hydrogens (tertiary/aromatic N) is 4. The van der Waals surface area contributed by atoms with E-state index in [0.717, 1.165) is 42.3 Å². The van der Waals surface area contributed by atoms with Crippen LogP contribution in [-0.2, 0) is 4.79 Å². The van der Waals surface area contributed by atoms with Gasteiger partial charge in [-0.3, -0.25) is 29.3 Å². The maximum Gasteiger partial charge on any atom is 0.340 e. The Balaban J connectivity index is 1.51. The molecule has 199 valence electrons. The van der Waals surface area contributed by atoms with E-state index in [9.17, 15) is 19.2 Å². The van der Waals surface area contributed by atoms with E-state index in [-0.39, 0.29) is 17.2 Å². The van der Waals surface area contributed by atoms with Gasteiger partial charge in [0.2, 0.25) is 6.29 Å². The van der Waals surface area contributed by atoms with Crippen LogP contribution in [-0.4, -0.2) is 57.2 Å². The average molecular weight is 536 g/mol. The number of rotatable bonds is 10. The minimum Gasteiger partial charge on any atom is -0.345 e. The van der Waals surface area contributed by atoms with Crippen LogP contribution in [0, 0.1) is 11.8 Å². The van der Waals surface area contributed by atoms with Crippen molar-refractivity contribution in [2.24, 2.45) is 17.7 Å². The van der Waals surface area contributed by atoms with E-state index in [1.165, 1.54) is 22.1 Å². The molecule has 0 unspecified atom stereocenters. The second-order valence-electron chi connectivity index (χ2n) is 10.5. The summed E-state index contributed by atoms with van der Waals surface area (Å²) in [5, 5.41) is 2.87. The highest BCUT2D eigenvalue weighted by molar-refractivity contribution is 7.14. The molecule has 1 radical (unpaired) electrons. The predicted octanol–water partition coefficient (Wildman–Crippen LogP) is 3.72. The van der Waals surface area contributed by atoms with Crippen molar-refractivity contribution in [1.82, 2.24) is 19.9 Å². The molecule has 3 amide bonds. The maximum atomic E-state index is 14.0. The topological polar surface area (TPSA) is 131 Å². The van der Waals surface area contributed by atoms with Crippen molar-refractivity contribution in [2.75, 3.05) is 11.4 Å². The molecule has 0 aliphatic heterocycles. The van der Waals surface area contributed by atoms with Gasteiger partial charge in [0.25, 0.3) is 11.8 Å². The second-order valence-corrected chi connectivity index (χ2v) is 11.3. The van der Waals surface area contributed by atoms with Gasteiger partial charge in [0.15, 0.2) is 5.13 Å². The molecule has 38 heavy (non-hydrogen) atoms. The number of benzene rings is 1. The van der Waals surface area contributed by atoms with Crippen LogP contribution >= 0.6 is 11.3 Å². The van der Waals surface area contributed by atoms with E-state index >= 15 is 0 Å². The molecular weight excluding hydrogens is 504 g/mol.